The number of para-hydroxylation sites is 4. The second-order valence-corrected chi connectivity index (χ2v) is 11.3. The topological polar surface area (TPSA) is 68.8 Å². The monoisotopic (exact) mass is 612 g/mol. The van der Waals surface area contributed by atoms with E-state index in [0.717, 1.165) is 57.2 Å². The van der Waals surface area contributed by atoms with Crippen LogP contribution in [0.2, 0.25) is 0 Å². The maximum atomic E-state index is 6.57. The van der Waals surface area contributed by atoms with E-state index in [-0.39, 0.29) is 0 Å². The van der Waals surface area contributed by atoms with Crippen LogP contribution in [0, 0.1) is 0 Å². The lowest BCUT2D eigenvalue weighted by Gasteiger charge is -2.32. The number of imidazole rings is 2. The van der Waals surface area contributed by atoms with Crippen LogP contribution in [0.5, 0.6) is 34.5 Å². The minimum atomic E-state index is 0.646. The average Bonchev–Trinajstić information content (AvgIpc) is 3.74. The van der Waals surface area contributed by atoms with E-state index in [1.807, 2.05) is 146 Å². The zero-order chi connectivity index (χ0) is 30.9. The molecule has 9 heteroatoms. The number of hydrogen-bond donors (Lipinski definition) is 0. The third-order valence-corrected chi connectivity index (χ3v) is 8.47. The van der Waals surface area contributed by atoms with E-state index in [2.05, 4.69) is 18.6 Å². The van der Waals surface area contributed by atoms with Crippen LogP contribution in [0.3, 0.4) is 0 Å². The van der Waals surface area contributed by atoms with Gasteiger partial charge < -0.3 is 14.2 Å². The highest BCUT2D eigenvalue weighted by atomic mass is 16.5. The van der Waals surface area contributed by atoms with Crippen molar-refractivity contribution < 1.29 is 14.2 Å². The highest BCUT2D eigenvalue weighted by Crippen LogP contribution is 2.53. The molecule has 0 saturated carbocycles. The predicted molar refractivity (Wildman–Crippen MR) is 180 cm³/mol. The van der Waals surface area contributed by atoms with Crippen molar-refractivity contribution in [2.24, 2.45) is 0 Å². The lowest BCUT2D eigenvalue weighted by molar-refractivity contribution is 0.460. The number of aromatic nitrogens is 4. The number of fused-ring (bicyclic) bond motifs is 6. The molecule has 2 aliphatic rings. The van der Waals surface area contributed by atoms with Crippen LogP contribution >= 0.6 is 0 Å². The van der Waals surface area contributed by atoms with Gasteiger partial charge in [0, 0.05) is 24.5 Å². The molecule has 0 radical (unpaired) electrons. The molecule has 0 atom stereocenters. The Bertz CT molecular complexity index is 2330. The Morgan fingerprint density at radius 3 is 1.40 bits per heavy atom. The van der Waals surface area contributed by atoms with Crippen molar-refractivity contribution in [3.63, 3.8) is 0 Å². The number of rotatable bonds is 4. The molecule has 10 rings (SSSR count). The molecular weight excluding hydrogens is 588 g/mol. The minimum absolute atomic E-state index is 0.646. The molecule has 6 heterocycles. The Morgan fingerprint density at radius 2 is 0.894 bits per heavy atom. The van der Waals surface area contributed by atoms with Gasteiger partial charge in [-0.15, -0.1) is 0 Å². The highest BCUT2D eigenvalue weighted by Gasteiger charge is 2.31. The predicted octanol–water partition coefficient (Wildman–Crippen LogP) is 9.93. The third kappa shape index (κ3) is 3.96. The second-order valence-electron chi connectivity index (χ2n) is 11.3. The van der Waals surface area contributed by atoms with E-state index < -0.39 is 0 Å². The van der Waals surface area contributed by atoms with Gasteiger partial charge in [0.15, 0.2) is 23.0 Å². The van der Waals surface area contributed by atoms with Gasteiger partial charge in [0.05, 0.1) is 46.2 Å². The van der Waals surface area contributed by atoms with E-state index >= 15 is 0 Å². The summed E-state index contributed by atoms with van der Waals surface area (Å²) in [6.45, 7) is 0. The van der Waals surface area contributed by atoms with Crippen molar-refractivity contribution in [3.05, 3.63) is 146 Å². The van der Waals surface area contributed by atoms with Gasteiger partial charge >= 0.3 is 0 Å². The number of ether oxygens (including phenoxy) is 3. The van der Waals surface area contributed by atoms with Crippen LogP contribution in [0.4, 0.5) is 34.6 Å². The molecule has 0 amide bonds. The minimum Gasteiger partial charge on any atom is -0.457 e. The maximum absolute atomic E-state index is 6.57. The van der Waals surface area contributed by atoms with E-state index in [0.29, 0.717) is 23.0 Å². The highest BCUT2D eigenvalue weighted by molar-refractivity contribution is 5.87. The van der Waals surface area contributed by atoms with Gasteiger partial charge in [-0.3, -0.25) is 18.6 Å². The molecule has 9 nitrogen and oxygen atoms in total. The summed E-state index contributed by atoms with van der Waals surface area (Å²) in [4.78, 5) is 13.8. The van der Waals surface area contributed by atoms with Gasteiger partial charge in [-0.25, -0.2) is 9.97 Å². The van der Waals surface area contributed by atoms with Crippen molar-refractivity contribution >= 4 is 45.7 Å². The van der Waals surface area contributed by atoms with Crippen LogP contribution in [-0.4, -0.2) is 18.8 Å². The molecule has 2 aliphatic heterocycles. The number of nitrogens with zero attached hydrogens (tertiary/aromatic N) is 6. The Labute approximate surface area is 268 Å². The summed E-state index contributed by atoms with van der Waals surface area (Å²) in [5, 5.41) is 0. The third-order valence-electron chi connectivity index (χ3n) is 8.47. The Hall–Kier alpha value is -6.74. The summed E-state index contributed by atoms with van der Waals surface area (Å²) < 4.78 is 23.4. The van der Waals surface area contributed by atoms with Crippen molar-refractivity contribution in [2.45, 2.75) is 0 Å². The molecule has 0 aliphatic carbocycles. The first-order valence-corrected chi connectivity index (χ1v) is 15.2. The van der Waals surface area contributed by atoms with E-state index in [4.69, 9.17) is 24.2 Å². The van der Waals surface area contributed by atoms with Gasteiger partial charge in [-0.2, -0.15) is 0 Å². The van der Waals surface area contributed by atoms with Crippen LogP contribution in [0.25, 0.3) is 11.0 Å². The average molecular weight is 613 g/mol. The fourth-order valence-electron chi connectivity index (χ4n) is 6.35. The molecule has 0 spiro atoms. The van der Waals surface area contributed by atoms with Crippen molar-refractivity contribution in [2.75, 3.05) is 9.80 Å². The molecular formula is C38H24N6O3. The van der Waals surface area contributed by atoms with Crippen LogP contribution < -0.4 is 24.0 Å². The molecule has 224 valence electrons. The smallest absolute Gasteiger partial charge is 0.219 e. The lowest BCUT2D eigenvalue weighted by atomic mass is 10.1. The van der Waals surface area contributed by atoms with Gasteiger partial charge in [-0.05, 0) is 72.8 Å². The van der Waals surface area contributed by atoms with Crippen LogP contribution in [-0.2, 0) is 0 Å². The molecule has 0 bridgehead atoms. The summed E-state index contributed by atoms with van der Waals surface area (Å²) in [5.41, 5.74) is 5.40. The Morgan fingerprint density at radius 1 is 0.447 bits per heavy atom. The molecule has 0 saturated heterocycles. The second kappa shape index (κ2) is 9.88. The summed E-state index contributed by atoms with van der Waals surface area (Å²) >= 11 is 0. The van der Waals surface area contributed by atoms with Crippen molar-refractivity contribution in [3.8, 4) is 34.5 Å². The van der Waals surface area contributed by atoms with Gasteiger partial charge in [-0.1, -0.05) is 36.4 Å². The summed E-state index contributed by atoms with van der Waals surface area (Å²) in [6, 6.07) is 39.7. The summed E-state index contributed by atoms with van der Waals surface area (Å²) in [7, 11) is 0. The number of pyridine rings is 2. The number of benzene rings is 4. The van der Waals surface area contributed by atoms with E-state index in [9.17, 15) is 0 Å². The van der Waals surface area contributed by atoms with Crippen molar-refractivity contribution in [1.82, 2.24) is 18.8 Å². The zero-order valence-electron chi connectivity index (χ0n) is 24.8. The lowest BCUT2D eigenvalue weighted by Crippen LogP contribution is -2.18. The first kappa shape index (κ1) is 25.6. The Kier molecular flexibility index (Phi) is 5.38. The molecule has 0 fully saturated rings. The molecule has 47 heavy (non-hydrogen) atoms. The summed E-state index contributed by atoms with van der Waals surface area (Å²) in [5.74, 6) is 5.71. The fraction of sp³-hybridized carbons (Fsp3) is 0. The molecule has 4 aromatic heterocycles. The molecule has 4 aromatic carbocycles. The van der Waals surface area contributed by atoms with Crippen molar-refractivity contribution in [1.29, 1.82) is 0 Å². The largest absolute Gasteiger partial charge is 0.457 e. The van der Waals surface area contributed by atoms with Gasteiger partial charge in [0.2, 0.25) is 11.9 Å². The van der Waals surface area contributed by atoms with E-state index in [1.165, 1.54) is 0 Å². The molecule has 0 N–H and O–H groups in total. The van der Waals surface area contributed by atoms with Gasteiger partial charge in [0.25, 0.3) is 0 Å². The van der Waals surface area contributed by atoms with Crippen LogP contribution in [0.1, 0.15) is 0 Å². The maximum Gasteiger partial charge on any atom is 0.219 e. The molecule has 8 aromatic rings. The summed E-state index contributed by atoms with van der Waals surface area (Å²) in [6.07, 6.45) is 7.76. The SMILES string of the molecule is c1ccc2c(c1)Oc1ccc(Oc3ccc4c(c3)N(c3ncc5ccccn35)c3ccccc3O4)cc1N2c1ncc2ccccn12. The van der Waals surface area contributed by atoms with Crippen LogP contribution in [0.15, 0.2) is 146 Å². The normalized spacial score (nSPS) is 12.9. The fourth-order valence-corrected chi connectivity index (χ4v) is 6.35. The number of anilines is 6. The Balaban J connectivity index is 1.07. The first-order chi connectivity index (χ1) is 23.3. The first-order valence-electron chi connectivity index (χ1n) is 15.2. The van der Waals surface area contributed by atoms with E-state index in [1.54, 1.807) is 0 Å². The van der Waals surface area contributed by atoms with Gasteiger partial charge in [0.1, 0.15) is 11.5 Å². The number of hydrogen-bond acceptors (Lipinski definition) is 7. The standard InChI is InChI=1S/C38H24N6O3/c1-3-13-33-29(11-1)43(37-39-23-25-9-5-7-19-41(25)37)31-21-27(15-17-35(31)46-33)45-28-16-18-36-32(22-28)44(30-12-2-4-14-34(30)47-36)38-40-24-26-10-6-8-20-42(26)38/h1-24H. The zero-order valence-corrected chi connectivity index (χ0v) is 24.8. The quantitative estimate of drug-likeness (QED) is 0.196. The molecule has 0 unspecified atom stereocenters.